The summed E-state index contributed by atoms with van der Waals surface area (Å²) in [6, 6.07) is 8.03. The minimum Gasteiger partial charge on any atom is -0.357 e. The number of nitrogens with two attached hydrogens (primary N) is 1. The maximum atomic E-state index is 12.3. The van der Waals surface area contributed by atoms with Crippen molar-refractivity contribution in [1.82, 2.24) is 0 Å². The zero-order valence-electron chi connectivity index (χ0n) is 10.7. The van der Waals surface area contributed by atoms with E-state index in [-0.39, 0.29) is 12.1 Å². The average Bonchev–Trinajstić information content (AvgIpc) is 3.18. The smallest absolute Gasteiger partial charge is 0.230 e. The summed E-state index contributed by atoms with van der Waals surface area (Å²) in [6.07, 6.45) is 2.64. The van der Waals surface area contributed by atoms with Gasteiger partial charge in [-0.3, -0.25) is 4.79 Å². The maximum Gasteiger partial charge on any atom is 0.230 e. The lowest BCUT2D eigenvalue weighted by atomic mass is 10.2. The summed E-state index contributed by atoms with van der Waals surface area (Å²) < 4.78 is 0. The molecule has 0 spiro atoms. The van der Waals surface area contributed by atoms with E-state index in [1.165, 1.54) is 12.8 Å². The summed E-state index contributed by atoms with van der Waals surface area (Å²) in [5.41, 5.74) is 8.13. The third-order valence-electron chi connectivity index (χ3n) is 3.87. The highest BCUT2D eigenvalue weighted by atomic mass is 16.2. The topological polar surface area (TPSA) is 49.6 Å². The molecule has 0 radical (unpaired) electrons. The Kier molecular flexibility index (Phi) is 2.74. The monoisotopic (exact) mass is 245 g/mol. The Labute approximate surface area is 107 Å². The van der Waals surface area contributed by atoms with E-state index in [0.717, 1.165) is 17.9 Å². The van der Waals surface area contributed by atoms with Crippen molar-refractivity contribution in [1.29, 1.82) is 0 Å². The van der Waals surface area contributed by atoms with Crippen molar-refractivity contribution in [2.24, 2.45) is 11.7 Å². The highest BCUT2D eigenvalue weighted by Crippen LogP contribution is 2.37. The Bertz CT molecular complexity index is 470. The van der Waals surface area contributed by atoms with Crippen LogP contribution in [0.4, 0.5) is 11.4 Å². The van der Waals surface area contributed by atoms with Gasteiger partial charge in [-0.15, -0.1) is 0 Å². The number of hydrogen-bond donors (Lipinski definition) is 1. The van der Waals surface area contributed by atoms with E-state index < -0.39 is 0 Å². The SMILES string of the molecule is CN1c2ccccc2N(CC2CC2)C(=O)CC1N. The largest absolute Gasteiger partial charge is 0.357 e. The number of para-hydroxylation sites is 2. The molecule has 2 aliphatic rings. The first-order chi connectivity index (χ1) is 8.66. The zero-order chi connectivity index (χ0) is 12.7. The highest BCUT2D eigenvalue weighted by molar-refractivity contribution is 5.98. The van der Waals surface area contributed by atoms with Gasteiger partial charge in [0.05, 0.1) is 24.0 Å². The number of carbonyl (C=O) groups excluding carboxylic acids is 1. The molecule has 18 heavy (non-hydrogen) atoms. The third-order valence-corrected chi connectivity index (χ3v) is 3.87. The molecule has 1 aliphatic heterocycles. The minimum absolute atomic E-state index is 0.145. The number of rotatable bonds is 2. The molecule has 4 heteroatoms. The van der Waals surface area contributed by atoms with Crippen LogP contribution in [0.5, 0.6) is 0 Å². The van der Waals surface area contributed by atoms with E-state index in [1.54, 1.807) is 0 Å². The molecule has 4 nitrogen and oxygen atoms in total. The molecule has 1 atom stereocenters. The number of benzene rings is 1. The van der Waals surface area contributed by atoms with Crippen molar-refractivity contribution < 1.29 is 4.79 Å². The summed E-state index contributed by atoms with van der Waals surface area (Å²) >= 11 is 0. The van der Waals surface area contributed by atoms with E-state index in [2.05, 4.69) is 0 Å². The van der Waals surface area contributed by atoms with Gasteiger partial charge in [-0.05, 0) is 30.9 Å². The van der Waals surface area contributed by atoms with E-state index in [4.69, 9.17) is 5.73 Å². The van der Waals surface area contributed by atoms with Crippen LogP contribution in [0.25, 0.3) is 0 Å². The van der Waals surface area contributed by atoms with E-state index >= 15 is 0 Å². The van der Waals surface area contributed by atoms with Gasteiger partial charge in [0.15, 0.2) is 0 Å². The maximum absolute atomic E-state index is 12.3. The second-order valence-electron chi connectivity index (χ2n) is 5.32. The molecule has 96 valence electrons. The molecular formula is C14H19N3O. The van der Waals surface area contributed by atoms with E-state index in [0.29, 0.717) is 12.3 Å². The van der Waals surface area contributed by atoms with Crippen LogP contribution in [0, 0.1) is 5.92 Å². The summed E-state index contributed by atoms with van der Waals surface area (Å²) in [5, 5.41) is 0. The van der Waals surface area contributed by atoms with Crippen molar-refractivity contribution in [3.63, 3.8) is 0 Å². The highest BCUT2D eigenvalue weighted by Gasteiger charge is 2.33. The van der Waals surface area contributed by atoms with Gasteiger partial charge in [-0.1, -0.05) is 12.1 Å². The molecule has 1 aromatic carbocycles. The van der Waals surface area contributed by atoms with Crippen LogP contribution in [0.3, 0.4) is 0 Å². The van der Waals surface area contributed by atoms with Gasteiger partial charge in [0.2, 0.25) is 5.91 Å². The molecule has 1 saturated carbocycles. The predicted octanol–water partition coefficient (Wildman–Crippen LogP) is 1.55. The van der Waals surface area contributed by atoms with Gasteiger partial charge in [-0.2, -0.15) is 0 Å². The molecular weight excluding hydrogens is 226 g/mol. The van der Waals surface area contributed by atoms with Crippen molar-refractivity contribution in [3.8, 4) is 0 Å². The van der Waals surface area contributed by atoms with Crippen molar-refractivity contribution in [2.75, 3.05) is 23.4 Å². The van der Waals surface area contributed by atoms with Crippen LogP contribution >= 0.6 is 0 Å². The molecule has 1 heterocycles. The molecule has 1 aromatic rings. The normalized spacial score (nSPS) is 23.9. The summed E-state index contributed by atoms with van der Waals surface area (Å²) in [7, 11) is 1.96. The minimum atomic E-state index is -0.233. The lowest BCUT2D eigenvalue weighted by molar-refractivity contribution is -0.118. The molecule has 1 amide bonds. The van der Waals surface area contributed by atoms with Gasteiger partial charge in [0, 0.05) is 13.6 Å². The standard InChI is InChI=1S/C14H19N3O/c1-16-11-4-2-3-5-12(11)17(9-10-6-7-10)14(18)8-13(16)15/h2-5,10,13H,6-9,15H2,1H3. The lowest BCUT2D eigenvalue weighted by Gasteiger charge is -2.25. The summed E-state index contributed by atoms with van der Waals surface area (Å²) in [6.45, 7) is 0.844. The van der Waals surface area contributed by atoms with Crippen molar-refractivity contribution in [3.05, 3.63) is 24.3 Å². The van der Waals surface area contributed by atoms with Crippen LogP contribution in [0.2, 0.25) is 0 Å². The Morgan fingerprint density at radius 2 is 1.94 bits per heavy atom. The molecule has 0 bridgehead atoms. The Balaban J connectivity index is 2.01. The van der Waals surface area contributed by atoms with Gasteiger partial charge in [-0.25, -0.2) is 0 Å². The molecule has 1 unspecified atom stereocenters. The van der Waals surface area contributed by atoms with Gasteiger partial charge < -0.3 is 15.5 Å². The molecule has 1 aliphatic carbocycles. The number of carbonyl (C=O) groups is 1. The number of hydrogen-bond acceptors (Lipinski definition) is 3. The fourth-order valence-electron chi connectivity index (χ4n) is 2.49. The Morgan fingerprint density at radius 1 is 1.28 bits per heavy atom. The Morgan fingerprint density at radius 3 is 2.61 bits per heavy atom. The lowest BCUT2D eigenvalue weighted by Crippen LogP contribution is -2.41. The number of fused-ring (bicyclic) bond motifs is 1. The Hall–Kier alpha value is -1.55. The van der Waals surface area contributed by atoms with Crippen LogP contribution in [0.15, 0.2) is 24.3 Å². The number of nitrogens with zero attached hydrogens (tertiary/aromatic N) is 2. The van der Waals surface area contributed by atoms with Crippen LogP contribution < -0.4 is 15.5 Å². The number of amides is 1. The fraction of sp³-hybridized carbons (Fsp3) is 0.500. The summed E-state index contributed by atoms with van der Waals surface area (Å²) in [5.74, 6) is 0.827. The van der Waals surface area contributed by atoms with Crippen molar-refractivity contribution >= 4 is 17.3 Å². The predicted molar refractivity (Wildman–Crippen MR) is 72.5 cm³/mol. The molecule has 2 N–H and O–H groups in total. The van der Waals surface area contributed by atoms with E-state index in [9.17, 15) is 4.79 Å². The van der Waals surface area contributed by atoms with Crippen LogP contribution in [-0.4, -0.2) is 25.7 Å². The quantitative estimate of drug-likeness (QED) is 0.860. The van der Waals surface area contributed by atoms with Crippen LogP contribution in [-0.2, 0) is 4.79 Å². The van der Waals surface area contributed by atoms with Crippen molar-refractivity contribution in [2.45, 2.75) is 25.4 Å². The van der Waals surface area contributed by atoms with Crippen LogP contribution in [0.1, 0.15) is 19.3 Å². The molecule has 1 fully saturated rings. The van der Waals surface area contributed by atoms with Gasteiger partial charge in [0.25, 0.3) is 0 Å². The average molecular weight is 245 g/mol. The van der Waals surface area contributed by atoms with E-state index in [1.807, 2.05) is 41.1 Å². The molecule has 0 aromatic heterocycles. The first kappa shape index (κ1) is 11.5. The molecule has 0 saturated heterocycles. The van der Waals surface area contributed by atoms with Gasteiger partial charge in [0.1, 0.15) is 0 Å². The first-order valence-corrected chi connectivity index (χ1v) is 6.54. The fourth-order valence-corrected chi connectivity index (χ4v) is 2.49. The zero-order valence-corrected chi connectivity index (χ0v) is 10.7. The van der Waals surface area contributed by atoms with Gasteiger partial charge >= 0.3 is 0 Å². The first-order valence-electron chi connectivity index (χ1n) is 6.54. The number of anilines is 2. The second-order valence-corrected chi connectivity index (χ2v) is 5.32. The molecule has 3 rings (SSSR count). The third kappa shape index (κ3) is 1.97. The second kappa shape index (κ2) is 4.28. The summed E-state index contributed by atoms with van der Waals surface area (Å²) in [4.78, 5) is 16.2.